The van der Waals surface area contributed by atoms with Gasteiger partial charge in [0, 0.05) is 19.1 Å². The molecule has 0 amide bonds. The molecule has 1 aromatic carbocycles. The van der Waals surface area contributed by atoms with Crippen molar-refractivity contribution in [2.45, 2.75) is 36.7 Å². The minimum Gasteiger partial charge on any atom is -0.326 e. The second kappa shape index (κ2) is 4.74. The molecule has 1 aliphatic heterocycles. The van der Waals surface area contributed by atoms with Crippen molar-refractivity contribution in [2.24, 2.45) is 5.73 Å². The number of hydrogen-bond donors (Lipinski definition) is 2. The number of benzene rings is 1. The van der Waals surface area contributed by atoms with Gasteiger partial charge in [0.1, 0.15) is 0 Å². The van der Waals surface area contributed by atoms with E-state index in [0.717, 1.165) is 24.0 Å². The van der Waals surface area contributed by atoms with Crippen LogP contribution in [-0.4, -0.2) is 21.0 Å². The highest BCUT2D eigenvalue weighted by atomic mass is 32.2. The van der Waals surface area contributed by atoms with Crippen LogP contribution < -0.4 is 11.1 Å². The molecule has 0 bridgehead atoms. The van der Waals surface area contributed by atoms with Crippen LogP contribution in [0.25, 0.3) is 6.08 Å². The zero-order valence-corrected chi connectivity index (χ0v) is 11.5. The van der Waals surface area contributed by atoms with E-state index < -0.39 is 9.84 Å². The average molecular weight is 278 g/mol. The number of nitrogens with two attached hydrogens (primary N) is 1. The van der Waals surface area contributed by atoms with E-state index in [9.17, 15) is 8.42 Å². The molecule has 5 heteroatoms. The van der Waals surface area contributed by atoms with Gasteiger partial charge in [-0.1, -0.05) is 18.6 Å². The minimum absolute atomic E-state index is 0.360. The molecule has 0 atom stereocenters. The van der Waals surface area contributed by atoms with Crippen LogP contribution in [0.15, 0.2) is 28.0 Å². The van der Waals surface area contributed by atoms with Gasteiger partial charge < -0.3 is 11.1 Å². The largest absolute Gasteiger partial charge is 0.326 e. The fourth-order valence-electron chi connectivity index (χ4n) is 2.45. The van der Waals surface area contributed by atoms with Gasteiger partial charge in [0.25, 0.3) is 0 Å². The van der Waals surface area contributed by atoms with E-state index in [1.807, 2.05) is 12.1 Å². The molecule has 1 heterocycles. The summed E-state index contributed by atoms with van der Waals surface area (Å²) in [7, 11) is -3.32. The van der Waals surface area contributed by atoms with Crippen LogP contribution >= 0.6 is 0 Å². The number of sulfone groups is 1. The predicted octanol–water partition coefficient (Wildman–Crippen LogP) is 1.42. The molecule has 1 aromatic rings. The summed E-state index contributed by atoms with van der Waals surface area (Å²) in [5, 5.41) is 3.31. The highest BCUT2D eigenvalue weighted by Crippen LogP contribution is 2.33. The van der Waals surface area contributed by atoms with Gasteiger partial charge in [-0.25, -0.2) is 8.42 Å². The third-order valence-electron chi connectivity index (χ3n) is 3.93. The van der Waals surface area contributed by atoms with E-state index in [0.29, 0.717) is 28.9 Å². The summed E-state index contributed by atoms with van der Waals surface area (Å²) < 4.78 is 24.8. The second-order valence-electron chi connectivity index (χ2n) is 5.20. The molecule has 1 saturated carbocycles. The van der Waals surface area contributed by atoms with Crippen molar-refractivity contribution in [3.63, 3.8) is 0 Å². The van der Waals surface area contributed by atoms with E-state index in [4.69, 9.17) is 5.73 Å². The molecule has 3 N–H and O–H groups in total. The first-order chi connectivity index (χ1) is 9.11. The molecule has 0 radical (unpaired) electrons. The lowest BCUT2D eigenvalue weighted by molar-refractivity contribution is 0.351. The van der Waals surface area contributed by atoms with Crippen LogP contribution in [0.1, 0.15) is 30.4 Å². The highest BCUT2D eigenvalue weighted by Gasteiger charge is 2.30. The lowest BCUT2D eigenvalue weighted by Gasteiger charge is -2.26. The van der Waals surface area contributed by atoms with Crippen molar-refractivity contribution < 1.29 is 8.42 Å². The Morgan fingerprint density at radius 3 is 2.74 bits per heavy atom. The Kier molecular flexibility index (Phi) is 3.20. The van der Waals surface area contributed by atoms with Crippen LogP contribution in [0.4, 0.5) is 0 Å². The van der Waals surface area contributed by atoms with Crippen LogP contribution in [0.5, 0.6) is 0 Å². The molecule has 0 spiro atoms. The Balaban J connectivity index is 1.84. The van der Waals surface area contributed by atoms with Crippen LogP contribution in [0, 0.1) is 0 Å². The zero-order chi connectivity index (χ0) is 13.5. The monoisotopic (exact) mass is 278 g/mol. The molecule has 102 valence electrons. The molecule has 0 unspecified atom stereocenters. The molecule has 1 fully saturated rings. The summed E-state index contributed by atoms with van der Waals surface area (Å²) >= 11 is 0. The molecule has 3 rings (SSSR count). The third kappa shape index (κ3) is 2.22. The normalized spacial score (nSPS) is 20.8. The first-order valence-electron chi connectivity index (χ1n) is 6.63. The Labute approximate surface area is 113 Å². The van der Waals surface area contributed by atoms with Crippen molar-refractivity contribution in [2.75, 3.05) is 6.54 Å². The summed E-state index contributed by atoms with van der Waals surface area (Å²) in [5.74, 6) is 0. The average Bonchev–Trinajstić information content (AvgIpc) is 2.59. The maximum Gasteiger partial charge on any atom is 0.204 e. The molecule has 0 saturated heterocycles. The molecule has 0 aromatic heterocycles. The van der Waals surface area contributed by atoms with Crippen LogP contribution in [0.3, 0.4) is 0 Å². The molecule has 19 heavy (non-hydrogen) atoms. The summed E-state index contributed by atoms with van der Waals surface area (Å²) in [5.41, 5.74) is 7.20. The highest BCUT2D eigenvalue weighted by molar-refractivity contribution is 7.95. The van der Waals surface area contributed by atoms with Gasteiger partial charge in [-0.3, -0.25) is 0 Å². The minimum atomic E-state index is -3.32. The quantitative estimate of drug-likeness (QED) is 0.873. The van der Waals surface area contributed by atoms with Crippen molar-refractivity contribution in [1.29, 1.82) is 0 Å². The predicted molar refractivity (Wildman–Crippen MR) is 75.1 cm³/mol. The van der Waals surface area contributed by atoms with E-state index >= 15 is 0 Å². The Morgan fingerprint density at radius 2 is 2.11 bits per heavy atom. The Hall–Kier alpha value is -1.17. The Bertz CT molecular complexity index is 631. The Morgan fingerprint density at radius 1 is 1.32 bits per heavy atom. The van der Waals surface area contributed by atoms with Gasteiger partial charge in [0.05, 0.1) is 9.80 Å². The molecule has 4 nitrogen and oxygen atoms in total. The second-order valence-corrected chi connectivity index (χ2v) is 7.17. The summed E-state index contributed by atoms with van der Waals surface area (Å²) in [4.78, 5) is 0.879. The number of fused-ring (bicyclic) bond motifs is 1. The van der Waals surface area contributed by atoms with Gasteiger partial charge in [0.2, 0.25) is 9.84 Å². The summed E-state index contributed by atoms with van der Waals surface area (Å²) in [6.45, 7) is 0.790. The number of hydrogen-bond acceptors (Lipinski definition) is 4. The maximum atomic E-state index is 12.4. The third-order valence-corrected chi connectivity index (χ3v) is 5.82. The lowest BCUT2D eigenvalue weighted by atomic mass is 9.93. The van der Waals surface area contributed by atoms with Crippen molar-refractivity contribution in [3.8, 4) is 0 Å². The summed E-state index contributed by atoms with van der Waals surface area (Å²) in [6, 6.07) is 5.90. The van der Waals surface area contributed by atoms with Gasteiger partial charge >= 0.3 is 0 Å². The smallest absolute Gasteiger partial charge is 0.204 e. The summed E-state index contributed by atoms with van der Waals surface area (Å²) in [6.07, 6.45) is 5.31. The number of nitrogens with one attached hydrogen (secondary N) is 1. The topological polar surface area (TPSA) is 72.2 Å². The lowest BCUT2D eigenvalue weighted by Crippen LogP contribution is -2.36. The first kappa shape index (κ1) is 12.8. The van der Waals surface area contributed by atoms with E-state index in [1.165, 1.54) is 6.42 Å². The van der Waals surface area contributed by atoms with E-state index in [-0.39, 0.29) is 0 Å². The van der Waals surface area contributed by atoms with Gasteiger partial charge in [-0.2, -0.15) is 0 Å². The van der Waals surface area contributed by atoms with E-state index in [1.54, 1.807) is 12.1 Å². The standard InChI is InChI=1S/C14H18N2O2S/c15-8-10-4-5-11-7-13(9-16-12-2-1-3-12)19(17,18)14(11)6-10/h4-7,12,16H,1-3,8-9,15H2. The molecule has 1 aliphatic carbocycles. The van der Waals surface area contributed by atoms with Crippen LogP contribution in [-0.2, 0) is 16.4 Å². The molecular weight excluding hydrogens is 260 g/mol. The SMILES string of the molecule is NCc1ccc2c(c1)S(=O)(=O)C(CNC1CCC1)=C2. The van der Waals surface area contributed by atoms with Crippen molar-refractivity contribution >= 4 is 15.9 Å². The fourth-order valence-corrected chi connectivity index (χ4v) is 4.04. The zero-order valence-electron chi connectivity index (χ0n) is 10.7. The van der Waals surface area contributed by atoms with Gasteiger partial charge in [-0.15, -0.1) is 0 Å². The van der Waals surface area contributed by atoms with Crippen LogP contribution in [0.2, 0.25) is 0 Å². The van der Waals surface area contributed by atoms with Gasteiger partial charge in [-0.05, 0) is 36.1 Å². The molecular formula is C14H18N2O2S. The number of rotatable bonds is 4. The van der Waals surface area contributed by atoms with Gasteiger partial charge in [0.15, 0.2) is 0 Å². The maximum absolute atomic E-state index is 12.4. The van der Waals surface area contributed by atoms with Crippen molar-refractivity contribution in [3.05, 3.63) is 34.2 Å². The van der Waals surface area contributed by atoms with E-state index in [2.05, 4.69) is 5.32 Å². The molecule has 2 aliphatic rings. The fraction of sp³-hybridized carbons (Fsp3) is 0.429. The first-order valence-corrected chi connectivity index (χ1v) is 8.11. The van der Waals surface area contributed by atoms with Crippen molar-refractivity contribution in [1.82, 2.24) is 5.32 Å².